The lowest BCUT2D eigenvalue weighted by molar-refractivity contribution is 0.201. The molecule has 25 heavy (non-hydrogen) atoms. The van der Waals surface area contributed by atoms with Crippen molar-refractivity contribution in [2.75, 3.05) is 24.3 Å². The third kappa shape index (κ3) is 4.82. The molecule has 0 N–H and O–H groups in total. The molecule has 2 aromatic rings. The molecular formula is C20H25N2O2S. The minimum atomic E-state index is 0.303. The first-order chi connectivity index (χ1) is 12.3. The van der Waals surface area contributed by atoms with E-state index in [1.165, 1.54) is 18.4 Å². The van der Waals surface area contributed by atoms with Crippen molar-refractivity contribution in [1.29, 1.82) is 0 Å². The normalized spacial score (nSPS) is 14.5. The lowest BCUT2D eigenvalue weighted by Crippen LogP contribution is -2.25. The summed E-state index contributed by atoms with van der Waals surface area (Å²) < 4.78 is 11.7. The van der Waals surface area contributed by atoms with Gasteiger partial charge in [0.25, 0.3) is 0 Å². The zero-order valence-electron chi connectivity index (χ0n) is 14.7. The molecule has 0 unspecified atom stereocenters. The SMILES string of the molecule is COc1ccc(N(CC[S])Cc2ccncc2)cc1OC1CCCC1. The molecule has 0 aliphatic heterocycles. The van der Waals surface area contributed by atoms with Crippen molar-refractivity contribution in [3.8, 4) is 11.5 Å². The molecule has 1 heterocycles. The molecule has 0 bridgehead atoms. The van der Waals surface area contributed by atoms with Crippen LogP contribution in [0.15, 0.2) is 42.7 Å². The van der Waals surface area contributed by atoms with Crippen LogP contribution in [0.3, 0.4) is 0 Å². The second-order valence-electron chi connectivity index (χ2n) is 6.34. The van der Waals surface area contributed by atoms with Crippen LogP contribution in [0, 0.1) is 0 Å². The highest BCUT2D eigenvalue weighted by Crippen LogP contribution is 2.35. The second kappa shape index (κ2) is 8.99. The minimum absolute atomic E-state index is 0.303. The Balaban J connectivity index is 1.82. The van der Waals surface area contributed by atoms with Crippen molar-refractivity contribution in [1.82, 2.24) is 4.98 Å². The molecule has 0 saturated heterocycles. The van der Waals surface area contributed by atoms with E-state index in [2.05, 4.69) is 22.0 Å². The molecule has 3 rings (SSSR count). The lowest BCUT2D eigenvalue weighted by Gasteiger charge is -2.26. The molecule has 1 saturated carbocycles. The van der Waals surface area contributed by atoms with Gasteiger partial charge in [-0.25, -0.2) is 0 Å². The van der Waals surface area contributed by atoms with Gasteiger partial charge in [0.2, 0.25) is 0 Å². The highest BCUT2D eigenvalue weighted by molar-refractivity contribution is 7.80. The summed E-state index contributed by atoms with van der Waals surface area (Å²) in [6.45, 7) is 1.61. The Labute approximate surface area is 155 Å². The molecule has 1 aliphatic rings. The molecular weight excluding hydrogens is 332 g/mol. The van der Waals surface area contributed by atoms with Crippen molar-refractivity contribution in [2.45, 2.75) is 38.3 Å². The molecule has 1 aliphatic carbocycles. The fraction of sp³-hybridized carbons (Fsp3) is 0.450. The van der Waals surface area contributed by atoms with Gasteiger partial charge in [0.1, 0.15) is 0 Å². The van der Waals surface area contributed by atoms with Crippen LogP contribution in [0.25, 0.3) is 0 Å². The van der Waals surface area contributed by atoms with E-state index in [0.717, 1.165) is 43.1 Å². The van der Waals surface area contributed by atoms with E-state index in [4.69, 9.17) is 22.1 Å². The van der Waals surface area contributed by atoms with Gasteiger partial charge in [0, 0.05) is 43.0 Å². The van der Waals surface area contributed by atoms with Crippen LogP contribution < -0.4 is 14.4 Å². The van der Waals surface area contributed by atoms with E-state index < -0.39 is 0 Å². The quantitative estimate of drug-likeness (QED) is 0.691. The second-order valence-corrected chi connectivity index (χ2v) is 6.75. The van der Waals surface area contributed by atoms with E-state index in [1.54, 1.807) is 7.11 Å². The number of pyridine rings is 1. The third-order valence-electron chi connectivity index (χ3n) is 4.59. The number of anilines is 1. The zero-order chi connectivity index (χ0) is 17.5. The van der Waals surface area contributed by atoms with Gasteiger partial charge in [0.15, 0.2) is 11.5 Å². The number of methoxy groups -OCH3 is 1. The summed E-state index contributed by atoms with van der Waals surface area (Å²) in [6, 6.07) is 10.2. The molecule has 4 nitrogen and oxygen atoms in total. The number of aromatic nitrogens is 1. The average Bonchev–Trinajstić information content (AvgIpc) is 3.15. The Morgan fingerprint density at radius 3 is 2.56 bits per heavy atom. The minimum Gasteiger partial charge on any atom is -0.493 e. The molecule has 1 radical (unpaired) electrons. The number of hydrogen-bond acceptors (Lipinski definition) is 4. The van der Waals surface area contributed by atoms with Gasteiger partial charge in [-0.3, -0.25) is 4.98 Å². The average molecular weight is 357 g/mol. The summed E-state index contributed by atoms with van der Waals surface area (Å²) in [5.41, 5.74) is 2.32. The van der Waals surface area contributed by atoms with Crippen LogP contribution in [-0.2, 0) is 6.54 Å². The van der Waals surface area contributed by atoms with E-state index >= 15 is 0 Å². The summed E-state index contributed by atoms with van der Waals surface area (Å²) in [7, 11) is 1.69. The molecule has 0 atom stereocenters. The predicted octanol–water partition coefficient (Wildman–Crippen LogP) is 4.62. The zero-order valence-corrected chi connectivity index (χ0v) is 15.5. The smallest absolute Gasteiger partial charge is 0.163 e. The van der Waals surface area contributed by atoms with Gasteiger partial charge >= 0.3 is 0 Å². The van der Waals surface area contributed by atoms with Crippen LogP contribution in [0.1, 0.15) is 31.2 Å². The van der Waals surface area contributed by atoms with Crippen molar-refractivity contribution < 1.29 is 9.47 Å². The Bertz CT molecular complexity index is 660. The van der Waals surface area contributed by atoms with Crippen LogP contribution in [0.4, 0.5) is 5.69 Å². The molecule has 0 spiro atoms. The molecule has 1 fully saturated rings. The Hall–Kier alpha value is -1.88. The molecule has 1 aromatic carbocycles. The van der Waals surface area contributed by atoms with Gasteiger partial charge in [-0.15, -0.1) is 0 Å². The van der Waals surface area contributed by atoms with Gasteiger partial charge in [-0.05, 0) is 55.5 Å². The predicted molar refractivity (Wildman–Crippen MR) is 104 cm³/mol. The highest BCUT2D eigenvalue weighted by atomic mass is 32.1. The third-order valence-corrected chi connectivity index (χ3v) is 4.77. The number of ether oxygens (including phenoxy) is 2. The molecule has 5 heteroatoms. The lowest BCUT2D eigenvalue weighted by atomic mass is 10.2. The standard InChI is InChI=1S/C20H25N2O2S/c1-23-19-7-6-17(14-20(19)24-18-4-2-3-5-18)22(12-13-25)15-16-8-10-21-11-9-16/h6-11,14,18H,2-5,12-13,15H2,1H3. The monoisotopic (exact) mass is 357 g/mol. The van der Waals surface area contributed by atoms with E-state index in [0.29, 0.717) is 11.9 Å². The van der Waals surface area contributed by atoms with Crippen molar-refractivity contribution >= 4 is 18.3 Å². The first-order valence-electron chi connectivity index (χ1n) is 8.87. The molecule has 1 aromatic heterocycles. The number of benzene rings is 1. The van der Waals surface area contributed by atoms with Gasteiger partial charge in [-0.2, -0.15) is 0 Å². The van der Waals surface area contributed by atoms with Crippen molar-refractivity contribution in [2.24, 2.45) is 0 Å². The van der Waals surface area contributed by atoms with Crippen molar-refractivity contribution in [3.63, 3.8) is 0 Å². The fourth-order valence-electron chi connectivity index (χ4n) is 3.26. The maximum Gasteiger partial charge on any atom is 0.163 e. The van der Waals surface area contributed by atoms with E-state index in [1.807, 2.05) is 30.6 Å². The number of rotatable bonds is 8. The maximum absolute atomic E-state index is 6.23. The van der Waals surface area contributed by atoms with Gasteiger partial charge in [0.05, 0.1) is 13.2 Å². The summed E-state index contributed by atoms with van der Waals surface area (Å²) in [5, 5.41) is 0. The largest absolute Gasteiger partial charge is 0.493 e. The Kier molecular flexibility index (Phi) is 6.45. The van der Waals surface area contributed by atoms with Crippen LogP contribution in [0.5, 0.6) is 11.5 Å². The van der Waals surface area contributed by atoms with Crippen LogP contribution in [-0.4, -0.2) is 30.5 Å². The molecule has 133 valence electrons. The van der Waals surface area contributed by atoms with Crippen LogP contribution in [0.2, 0.25) is 0 Å². The number of nitrogens with zero attached hydrogens (tertiary/aromatic N) is 2. The summed E-state index contributed by atoms with van der Waals surface area (Å²) in [5.74, 6) is 2.30. The maximum atomic E-state index is 6.23. The Morgan fingerprint density at radius 2 is 1.88 bits per heavy atom. The summed E-state index contributed by atoms with van der Waals surface area (Å²) in [4.78, 5) is 6.37. The first-order valence-corrected chi connectivity index (χ1v) is 9.44. The van der Waals surface area contributed by atoms with Gasteiger partial charge in [-0.1, -0.05) is 12.6 Å². The van der Waals surface area contributed by atoms with Gasteiger partial charge < -0.3 is 14.4 Å². The van der Waals surface area contributed by atoms with E-state index in [9.17, 15) is 0 Å². The molecule has 0 amide bonds. The van der Waals surface area contributed by atoms with Crippen LogP contribution >= 0.6 is 12.6 Å². The fourth-order valence-corrected chi connectivity index (χ4v) is 3.48. The first kappa shape index (κ1) is 17.9. The summed E-state index contributed by atoms with van der Waals surface area (Å²) in [6.07, 6.45) is 8.69. The van der Waals surface area contributed by atoms with Crippen molar-refractivity contribution in [3.05, 3.63) is 48.3 Å². The summed E-state index contributed by atoms with van der Waals surface area (Å²) >= 11 is 5.23. The topological polar surface area (TPSA) is 34.6 Å². The van der Waals surface area contributed by atoms with E-state index in [-0.39, 0.29) is 0 Å². The highest BCUT2D eigenvalue weighted by Gasteiger charge is 2.19. The number of hydrogen-bond donors (Lipinski definition) is 0. The Morgan fingerprint density at radius 1 is 1.12 bits per heavy atom.